The first-order chi connectivity index (χ1) is 5.50. The summed E-state index contributed by atoms with van der Waals surface area (Å²) < 4.78 is 0. The second-order valence-corrected chi connectivity index (χ2v) is 4.25. The minimum atomic E-state index is 0.158. The Bertz CT molecular complexity index is 220. The van der Waals surface area contributed by atoms with Gasteiger partial charge in [-0.1, -0.05) is 20.8 Å². The highest BCUT2D eigenvalue weighted by molar-refractivity contribution is 4.99. The lowest BCUT2D eigenvalue weighted by Crippen LogP contribution is -2.36. The quantitative estimate of drug-likeness (QED) is 0.698. The Morgan fingerprint density at radius 1 is 1.58 bits per heavy atom. The van der Waals surface area contributed by atoms with Crippen molar-refractivity contribution in [3.63, 3.8) is 0 Å². The normalized spacial score (nSPS) is 14.7. The van der Waals surface area contributed by atoms with Crippen LogP contribution in [-0.2, 0) is 6.42 Å². The Kier molecular flexibility index (Phi) is 2.52. The fraction of sp³-hybridized carbons (Fsp3) is 0.667. The maximum absolute atomic E-state index is 5.99. The van der Waals surface area contributed by atoms with Crippen LogP contribution in [0.15, 0.2) is 12.5 Å². The SMILES string of the molecule is CC(C)(C)[C@@H](N)Cc1cnc[nH]1. The minimum Gasteiger partial charge on any atom is -0.348 e. The van der Waals surface area contributed by atoms with Crippen molar-refractivity contribution in [3.05, 3.63) is 18.2 Å². The van der Waals surface area contributed by atoms with E-state index in [0.717, 1.165) is 12.1 Å². The second-order valence-electron chi connectivity index (χ2n) is 4.25. The summed E-state index contributed by atoms with van der Waals surface area (Å²) >= 11 is 0. The Balaban J connectivity index is 2.53. The molecule has 0 spiro atoms. The molecule has 68 valence electrons. The molecule has 0 saturated heterocycles. The molecule has 3 heteroatoms. The summed E-state index contributed by atoms with van der Waals surface area (Å²) in [7, 11) is 0. The van der Waals surface area contributed by atoms with Gasteiger partial charge < -0.3 is 10.7 Å². The van der Waals surface area contributed by atoms with Crippen molar-refractivity contribution in [3.8, 4) is 0 Å². The largest absolute Gasteiger partial charge is 0.348 e. The van der Waals surface area contributed by atoms with Crippen molar-refractivity contribution in [2.45, 2.75) is 33.2 Å². The molecule has 1 atom stereocenters. The number of H-pyrrole nitrogens is 1. The summed E-state index contributed by atoms with van der Waals surface area (Å²) in [5, 5.41) is 0. The molecule has 0 aliphatic rings. The third kappa shape index (κ3) is 2.34. The van der Waals surface area contributed by atoms with Gasteiger partial charge in [0.1, 0.15) is 0 Å². The smallest absolute Gasteiger partial charge is 0.0921 e. The maximum atomic E-state index is 5.99. The van der Waals surface area contributed by atoms with Crippen LogP contribution in [0, 0.1) is 5.41 Å². The minimum absolute atomic E-state index is 0.158. The number of nitrogens with two attached hydrogens (primary N) is 1. The predicted octanol–water partition coefficient (Wildman–Crippen LogP) is 1.33. The highest BCUT2D eigenvalue weighted by Crippen LogP contribution is 2.19. The molecule has 12 heavy (non-hydrogen) atoms. The molecule has 3 nitrogen and oxygen atoms in total. The molecule has 1 rings (SSSR count). The number of hydrogen-bond donors (Lipinski definition) is 2. The Morgan fingerprint density at radius 2 is 2.25 bits per heavy atom. The van der Waals surface area contributed by atoms with E-state index in [-0.39, 0.29) is 11.5 Å². The van der Waals surface area contributed by atoms with Gasteiger partial charge in [-0.25, -0.2) is 4.98 Å². The van der Waals surface area contributed by atoms with E-state index in [9.17, 15) is 0 Å². The van der Waals surface area contributed by atoms with Gasteiger partial charge >= 0.3 is 0 Å². The molecular weight excluding hydrogens is 150 g/mol. The molecule has 0 aliphatic heterocycles. The van der Waals surface area contributed by atoms with Gasteiger partial charge in [0, 0.05) is 24.4 Å². The highest BCUT2D eigenvalue weighted by Gasteiger charge is 2.20. The topological polar surface area (TPSA) is 54.7 Å². The van der Waals surface area contributed by atoms with E-state index in [1.54, 1.807) is 6.33 Å². The van der Waals surface area contributed by atoms with Gasteiger partial charge in [0.05, 0.1) is 6.33 Å². The van der Waals surface area contributed by atoms with Gasteiger partial charge in [-0.05, 0) is 5.41 Å². The lowest BCUT2D eigenvalue weighted by atomic mass is 9.85. The standard InChI is InChI=1S/C9H17N3/c1-9(2,3)8(10)4-7-5-11-6-12-7/h5-6,8H,4,10H2,1-3H3,(H,11,12)/t8-/m0/s1. The molecule has 1 aromatic rings. The molecule has 0 fully saturated rings. The Hall–Kier alpha value is -0.830. The van der Waals surface area contributed by atoms with Gasteiger partial charge in [-0.15, -0.1) is 0 Å². The lowest BCUT2D eigenvalue weighted by molar-refractivity contribution is 0.317. The van der Waals surface area contributed by atoms with Crippen molar-refractivity contribution in [2.24, 2.45) is 11.1 Å². The van der Waals surface area contributed by atoms with Crippen LogP contribution >= 0.6 is 0 Å². The van der Waals surface area contributed by atoms with Crippen LogP contribution in [-0.4, -0.2) is 16.0 Å². The number of aromatic nitrogens is 2. The van der Waals surface area contributed by atoms with E-state index in [4.69, 9.17) is 5.73 Å². The number of nitrogens with zero attached hydrogens (tertiary/aromatic N) is 1. The fourth-order valence-corrected chi connectivity index (χ4v) is 0.939. The first kappa shape index (κ1) is 9.26. The first-order valence-corrected chi connectivity index (χ1v) is 4.23. The van der Waals surface area contributed by atoms with E-state index in [0.29, 0.717) is 0 Å². The molecule has 0 unspecified atom stereocenters. The van der Waals surface area contributed by atoms with Crippen LogP contribution in [0.1, 0.15) is 26.5 Å². The van der Waals surface area contributed by atoms with E-state index in [1.165, 1.54) is 0 Å². The molecule has 0 amide bonds. The number of aromatic amines is 1. The zero-order valence-electron chi connectivity index (χ0n) is 7.96. The molecule has 3 N–H and O–H groups in total. The Morgan fingerprint density at radius 3 is 2.67 bits per heavy atom. The van der Waals surface area contributed by atoms with Gasteiger partial charge in [-0.2, -0.15) is 0 Å². The number of nitrogens with one attached hydrogen (secondary N) is 1. The van der Waals surface area contributed by atoms with Gasteiger partial charge in [0.2, 0.25) is 0 Å². The molecule has 0 aliphatic carbocycles. The summed E-state index contributed by atoms with van der Waals surface area (Å²) in [5.41, 5.74) is 7.26. The van der Waals surface area contributed by atoms with Crippen molar-refractivity contribution >= 4 is 0 Å². The summed E-state index contributed by atoms with van der Waals surface area (Å²) in [5.74, 6) is 0. The second kappa shape index (κ2) is 3.27. The van der Waals surface area contributed by atoms with Crippen molar-refractivity contribution in [1.29, 1.82) is 0 Å². The van der Waals surface area contributed by atoms with Crippen molar-refractivity contribution < 1.29 is 0 Å². The zero-order valence-corrected chi connectivity index (χ0v) is 7.96. The molecule has 0 saturated carbocycles. The molecular formula is C9H17N3. The lowest BCUT2D eigenvalue weighted by Gasteiger charge is -2.26. The number of imidazole rings is 1. The van der Waals surface area contributed by atoms with Gasteiger partial charge in [0.15, 0.2) is 0 Å². The van der Waals surface area contributed by atoms with Crippen LogP contribution in [0.4, 0.5) is 0 Å². The van der Waals surface area contributed by atoms with E-state index in [1.807, 2.05) is 6.20 Å². The molecule has 0 aromatic carbocycles. The number of rotatable bonds is 2. The van der Waals surface area contributed by atoms with Crippen molar-refractivity contribution in [2.75, 3.05) is 0 Å². The third-order valence-electron chi connectivity index (χ3n) is 2.11. The molecule has 1 heterocycles. The average molecular weight is 167 g/mol. The highest BCUT2D eigenvalue weighted by atomic mass is 14.9. The number of hydrogen-bond acceptors (Lipinski definition) is 2. The molecule has 0 bridgehead atoms. The van der Waals surface area contributed by atoms with Gasteiger partial charge in [0.25, 0.3) is 0 Å². The summed E-state index contributed by atoms with van der Waals surface area (Å²) in [4.78, 5) is 7.00. The monoisotopic (exact) mass is 167 g/mol. The van der Waals surface area contributed by atoms with Crippen LogP contribution in [0.2, 0.25) is 0 Å². The molecule has 0 radical (unpaired) electrons. The summed E-state index contributed by atoms with van der Waals surface area (Å²) in [6.07, 6.45) is 4.37. The van der Waals surface area contributed by atoms with Crippen LogP contribution in [0.5, 0.6) is 0 Å². The van der Waals surface area contributed by atoms with Crippen LogP contribution < -0.4 is 5.73 Å². The van der Waals surface area contributed by atoms with Crippen LogP contribution in [0.3, 0.4) is 0 Å². The average Bonchev–Trinajstić information content (AvgIpc) is 2.37. The van der Waals surface area contributed by atoms with E-state index in [2.05, 4.69) is 30.7 Å². The first-order valence-electron chi connectivity index (χ1n) is 4.23. The van der Waals surface area contributed by atoms with Crippen molar-refractivity contribution in [1.82, 2.24) is 9.97 Å². The molecule has 1 aromatic heterocycles. The van der Waals surface area contributed by atoms with Gasteiger partial charge in [-0.3, -0.25) is 0 Å². The van der Waals surface area contributed by atoms with E-state index < -0.39 is 0 Å². The fourth-order valence-electron chi connectivity index (χ4n) is 0.939. The van der Waals surface area contributed by atoms with Crippen LogP contribution in [0.25, 0.3) is 0 Å². The van der Waals surface area contributed by atoms with E-state index >= 15 is 0 Å². The Labute approximate surface area is 73.4 Å². The maximum Gasteiger partial charge on any atom is 0.0921 e. The summed E-state index contributed by atoms with van der Waals surface area (Å²) in [6.45, 7) is 6.44. The predicted molar refractivity (Wildman–Crippen MR) is 49.7 cm³/mol. The third-order valence-corrected chi connectivity index (χ3v) is 2.11. The zero-order chi connectivity index (χ0) is 9.19. The summed E-state index contributed by atoms with van der Waals surface area (Å²) in [6, 6.07) is 0.179.